The van der Waals surface area contributed by atoms with E-state index in [2.05, 4.69) is 56.3 Å². The first-order valence-electron chi connectivity index (χ1n) is 5.71. The number of allylic oxidation sites excluding steroid dienone is 4. The van der Waals surface area contributed by atoms with Gasteiger partial charge in [0, 0.05) is 0 Å². The van der Waals surface area contributed by atoms with Crippen LogP contribution in [-0.2, 0) is 0 Å². The standard InChI is InChI=1S/C15H18/c1-12(2)10-13-8-9-15(11-13)14-6-4-3-5-7-14/h3-7,9,11-12H,8,10H2,1-2H3. The van der Waals surface area contributed by atoms with Crippen molar-refractivity contribution in [2.45, 2.75) is 26.7 Å². The largest absolute Gasteiger partial charge is 0.0726 e. The molecule has 0 fully saturated rings. The second-order valence-electron chi connectivity index (χ2n) is 4.63. The van der Waals surface area contributed by atoms with Crippen molar-refractivity contribution >= 4 is 5.57 Å². The predicted octanol–water partition coefficient (Wildman–Crippen LogP) is 4.45. The second kappa shape index (κ2) is 4.48. The number of hydrogen-bond acceptors (Lipinski definition) is 0. The van der Waals surface area contributed by atoms with Gasteiger partial charge in [-0.3, -0.25) is 0 Å². The molecule has 0 heteroatoms. The van der Waals surface area contributed by atoms with Crippen LogP contribution in [0.3, 0.4) is 0 Å². The number of rotatable bonds is 3. The van der Waals surface area contributed by atoms with Crippen molar-refractivity contribution in [1.29, 1.82) is 0 Å². The van der Waals surface area contributed by atoms with Crippen molar-refractivity contribution in [3.63, 3.8) is 0 Å². The van der Waals surface area contributed by atoms with Gasteiger partial charge in [0.05, 0.1) is 0 Å². The van der Waals surface area contributed by atoms with Crippen molar-refractivity contribution in [3.8, 4) is 0 Å². The maximum absolute atomic E-state index is 2.36. The minimum Gasteiger partial charge on any atom is -0.0726 e. The Balaban J connectivity index is 2.11. The summed E-state index contributed by atoms with van der Waals surface area (Å²) in [6, 6.07) is 10.6. The third-order valence-corrected chi connectivity index (χ3v) is 2.72. The molecule has 78 valence electrons. The van der Waals surface area contributed by atoms with E-state index in [-0.39, 0.29) is 0 Å². The van der Waals surface area contributed by atoms with Crippen LogP contribution in [0.5, 0.6) is 0 Å². The highest BCUT2D eigenvalue weighted by atomic mass is 14.1. The molecule has 0 aromatic heterocycles. The van der Waals surface area contributed by atoms with Crippen LogP contribution >= 0.6 is 0 Å². The molecule has 1 aromatic rings. The van der Waals surface area contributed by atoms with E-state index in [1.165, 1.54) is 17.6 Å². The molecule has 0 radical (unpaired) electrons. The molecule has 0 atom stereocenters. The third kappa shape index (κ3) is 2.59. The Hall–Kier alpha value is -1.30. The summed E-state index contributed by atoms with van der Waals surface area (Å²) < 4.78 is 0. The lowest BCUT2D eigenvalue weighted by Crippen LogP contribution is -1.88. The maximum Gasteiger partial charge on any atom is -0.0126 e. The van der Waals surface area contributed by atoms with Crippen molar-refractivity contribution in [2.75, 3.05) is 0 Å². The highest BCUT2D eigenvalue weighted by molar-refractivity contribution is 5.77. The van der Waals surface area contributed by atoms with Crippen LogP contribution in [0.2, 0.25) is 0 Å². The smallest absolute Gasteiger partial charge is 0.0126 e. The van der Waals surface area contributed by atoms with Gasteiger partial charge in [0.2, 0.25) is 0 Å². The second-order valence-corrected chi connectivity index (χ2v) is 4.63. The van der Waals surface area contributed by atoms with Gasteiger partial charge < -0.3 is 0 Å². The zero-order chi connectivity index (χ0) is 10.7. The highest BCUT2D eigenvalue weighted by Crippen LogP contribution is 2.29. The molecule has 1 aliphatic rings. The van der Waals surface area contributed by atoms with Gasteiger partial charge in [-0.05, 0) is 29.9 Å². The van der Waals surface area contributed by atoms with Crippen molar-refractivity contribution in [3.05, 3.63) is 53.6 Å². The quantitative estimate of drug-likeness (QED) is 0.673. The lowest BCUT2D eigenvalue weighted by atomic mass is 10.0. The molecular weight excluding hydrogens is 180 g/mol. The molecule has 2 rings (SSSR count). The summed E-state index contributed by atoms with van der Waals surface area (Å²) in [5.41, 5.74) is 4.31. The van der Waals surface area contributed by atoms with Crippen LogP contribution in [0, 0.1) is 5.92 Å². The first-order chi connectivity index (χ1) is 7.25. The molecule has 0 saturated carbocycles. The first-order valence-corrected chi connectivity index (χ1v) is 5.71. The zero-order valence-electron chi connectivity index (χ0n) is 9.53. The number of hydrogen-bond donors (Lipinski definition) is 0. The van der Waals surface area contributed by atoms with E-state index >= 15 is 0 Å². The molecule has 0 saturated heterocycles. The van der Waals surface area contributed by atoms with Gasteiger partial charge in [0.15, 0.2) is 0 Å². The van der Waals surface area contributed by atoms with E-state index in [0.29, 0.717) is 0 Å². The Bertz CT molecular complexity index is 380. The Labute approximate surface area is 92.3 Å². The monoisotopic (exact) mass is 198 g/mol. The summed E-state index contributed by atoms with van der Waals surface area (Å²) in [6.07, 6.45) is 7.07. The van der Waals surface area contributed by atoms with E-state index in [9.17, 15) is 0 Å². The van der Waals surface area contributed by atoms with E-state index in [4.69, 9.17) is 0 Å². The van der Waals surface area contributed by atoms with Gasteiger partial charge in [-0.1, -0.05) is 61.9 Å². The van der Waals surface area contributed by atoms with Crippen molar-refractivity contribution < 1.29 is 0 Å². The fourth-order valence-corrected chi connectivity index (χ4v) is 2.08. The van der Waals surface area contributed by atoms with E-state index < -0.39 is 0 Å². The summed E-state index contributed by atoms with van der Waals surface area (Å²) in [7, 11) is 0. The SMILES string of the molecule is CC(C)CC1=CC(c2ccccc2)=CC1. The van der Waals surface area contributed by atoms with E-state index in [1.54, 1.807) is 5.57 Å². The van der Waals surface area contributed by atoms with Crippen molar-refractivity contribution in [1.82, 2.24) is 0 Å². The molecule has 0 amide bonds. The Morgan fingerprint density at radius 1 is 1.13 bits per heavy atom. The van der Waals surface area contributed by atoms with Crippen molar-refractivity contribution in [2.24, 2.45) is 5.92 Å². The molecule has 1 aromatic carbocycles. The lowest BCUT2D eigenvalue weighted by molar-refractivity contribution is 0.637. The normalized spacial score (nSPS) is 15.4. The van der Waals surface area contributed by atoms with Crippen LogP contribution in [0.4, 0.5) is 0 Å². The fourth-order valence-electron chi connectivity index (χ4n) is 2.08. The molecule has 0 nitrogen and oxygen atoms in total. The Morgan fingerprint density at radius 2 is 1.87 bits per heavy atom. The summed E-state index contributed by atoms with van der Waals surface area (Å²) in [6.45, 7) is 4.56. The molecule has 0 bridgehead atoms. The summed E-state index contributed by atoms with van der Waals surface area (Å²) >= 11 is 0. The van der Waals surface area contributed by atoms with Gasteiger partial charge in [-0.2, -0.15) is 0 Å². The van der Waals surface area contributed by atoms with Crippen LogP contribution in [0.1, 0.15) is 32.3 Å². The number of benzene rings is 1. The summed E-state index contributed by atoms with van der Waals surface area (Å²) in [5.74, 6) is 0.764. The van der Waals surface area contributed by atoms with Gasteiger partial charge in [0.1, 0.15) is 0 Å². The van der Waals surface area contributed by atoms with E-state index in [0.717, 1.165) is 12.3 Å². The van der Waals surface area contributed by atoms with Gasteiger partial charge in [-0.15, -0.1) is 0 Å². The van der Waals surface area contributed by atoms with Crippen LogP contribution in [0.25, 0.3) is 5.57 Å². The molecule has 0 N–H and O–H groups in total. The average molecular weight is 198 g/mol. The molecule has 0 spiro atoms. The maximum atomic E-state index is 2.36. The predicted molar refractivity (Wildman–Crippen MR) is 66.6 cm³/mol. The van der Waals surface area contributed by atoms with Crippen LogP contribution < -0.4 is 0 Å². The van der Waals surface area contributed by atoms with Crippen LogP contribution in [-0.4, -0.2) is 0 Å². The summed E-state index contributed by atoms with van der Waals surface area (Å²) in [5, 5.41) is 0. The minimum atomic E-state index is 0.764. The Morgan fingerprint density at radius 3 is 2.53 bits per heavy atom. The first kappa shape index (κ1) is 10.2. The van der Waals surface area contributed by atoms with Gasteiger partial charge in [0.25, 0.3) is 0 Å². The molecule has 0 aliphatic heterocycles. The Kier molecular flexibility index (Phi) is 3.05. The molecular formula is C15H18. The average Bonchev–Trinajstić information content (AvgIpc) is 2.67. The van der Waals surface area contributed by atoms with E-state index in [1.807, 2.05) is 0 Å². The van der Waals surface area contributed by atoms with Gasteiger partial charge in [-0.25, -0.2) is 0 Å². The molecule has 0 unspecified atom stereocenters. The molecule has 1 aliphatic carbocycles. The highest BCUT2D eigenvalue weighted by Gasteiger charge is 2.09. The zero-order valence-corrected chi connectivity index (χ0v) is 9.53. The minimum absolute atomic E-state index is 0.764. The van der Waals surface area contributed by atoms with Gasteiger partial charge >= 0.3 is 0 Å². The fraction of sp³-hybridized carbons (Fsp3) is 0.333. The van der Waals surface area contributed by atoms with Crippen LogP contribution in [0.15, 0.2) is 48.1 Å². The molecule has 0 heterocycles. The lowest BCUT2D eigenvalue weighted by Gasteiger charge is -2.04. The summed E-state index contributed by atoms with van der Waals surface area (Å²) in [4.78, 5) is 0. The topological polar surface area (TPSA) is 0 Å². The third-order valence-electron chi connectivity index (χ3n) is 2.72. The molecule has 15 heavy (non-hydrogen) atoms.